The Hall–Kier alpha value is -2.80. The Bertz CT molecular complexity index is 1390. The molecular weight excluding hydrogens is 592 g/mol. The fraction of sp³-hybridized carbons (Fsp3) is 0.548. The second-order valence-corrected chi connectivity index (χ2v) is 13.8. The van der Waals surface area contributed by atoms with Gasteiger partial charge < -0.3 is 29.5 Å². The van der Waals surface area contributed by atoms with Crippen molar-refractivity contribution >= 4 is 47.1 Å². The van der Waals surface area contributed by atoms with Crippen molar-refractivity contribution in [2.75, 3.05) is 12.5 Å². The number of esters is 1. The molecule has 5 aliphatic rings. The summed E-state index contributed by atoms with van der Waals surface area (Å²) in [5.74, 6) is -3.50. The van der Waals surface area contributed by atoms with E-state index < -0.39 is 57.9 Å². The van der Waals surface area contributed by atoms with Crippen molar-refractivity contribution in [3.05, 3.63) is 59.6 Å². The molecular formula is C31H38N2O8S2. The van der Waals surface area contributed by atoms with Crippen LogP contribution in [0.15, 0.2) is 59.6 Å². The van der Waals surface area contributed by atoms with E-state index >= 15 is 0 Å². The van der Waals surface area contributed by atoms with Gasteiger partial charge in [0.2, 0.25) is 0 Å². The highest BCUT2D eigenvalue weighted by molar-refractivity contribution is 8.01. The highest BCUT2D eigenvalue weighted by Crippen LogP contribution is 2.59. The summed E-state index contributed by atoms with van der Waals surface area (Å²) in [5.41, 5.74) is 1.91. The lowest BCUT2D eigenvalue weighted by Gasteiger charge is -2.54. The summed E-state index contributed by atoms with van der Waals surface area (Å²) in [5, 5.41) is 21.8. The van der Waals surface area contributed by atoms with Crippen LogP contribution in [0.3, 0.4) is 0 Å². The van der Waals surface area contributed by atoms with Crippen LogP contribution in [0, 0.1) is 11.8 Å². The molecule has 10 nitrogen and oxygen atoms in total. The summed E-state index contributed by atoms with van der Waals surface area (Å²) in [6.45, 7) is 6.46. The van der Waals surface area contributed by atoms with Gasteiger partial charge in [-0.1, -0.05) is 31.2 Å². The van der Waals surface area contributed by atoms with Crippen LogP contribution in [0.4, 0.5) is 0 Å². The molecule has 4 heterocycles. The number of hydrogen-bond donors (Lipinski definition) is 2. The largest absolute Gasteiger partial charge is 0.473 e. The number of carbonyl (C=O) groups is 4. The number of nitrogens with zero attached hydrogens (tertiary/aromatic N) is 2. The third kappa shape index (κ3) is 4.63. The van der Waals surface area contributed by atoms with Gasteiger partial charge in [0, 0.05) is 18.8 Å². The Morgan fingerprint density at radius 1 is 1.05 bits per heavy atom. The number of allylic oxidation sites excluding steroid dienone is 4. The normalized spacial score (nSPS) is 35.0. The topological polar surface area (TPSA) is 134 Å². The molecule has 9 atom stereocenters. The Morgan fingerprint density at radius 3 is 2.26 bits per heavy atom. The minimum atomic E-state index is -1.35. The molecule has 4 aliphatic heterocycles. The number of aliphatic hydroxyl groups is 2. The number of hydrogen-bond acceptors (Lipinski definition) is 10. The monoisotopic (exact) mass is 630 g/mol. The quantitative estimate of drug-likeness (QED) is 0.305. The molecule has 12 heteroatoms. The number of thioether (sulfide) groups is 2. The standard InChI is InChI=1S/C31H38N2O8S2/c1-7-16(2)25(35)17(3)26(36)18(4)27(37)41-22-11-12-40-15-20-14-31(43-6)28(38)32-23-19(9-8-10-21(23)34)13-30(32,42-5)29(39)33(31)24(20)22/h7-12,15,17-18,21-24,26,34,36H,13-14H2,1-6H3/b16-7+/t17?,18?,21-,22-,23-,24-,26?,30+,31+/m0/s1. The van der Waals surface area contributed by atoms with Crippen molar-refractivity contribution in [2.45, 2.75) is 80.7 Å². The van der Waals surface area contributed by atoms with Gasteiger partial charge in [-0.15, -0.1) is 23.5 Å². The number of ether oxygens (including phenoxy) is 2. The van der Waals surface area contributed by atoms with E-state index in [0.29, 0.717) is 11.1 Å². The maximum Gasteiger partial charge on any atom is 0.311 e. The summed E-state index contributed by atoms with van der Waals surface area (Å²) in [6.07, 6.45) is 12.0. The molecule has 0 bridgehead atoms. The third-order valence-corrected chi connectivity index (χ3v) is 11.8. The van der Waals surface area contributed by atoms with Gasteiger partial charge in [0.15, 0.2) is 15.5 Å². The molecule has 2 N–H and O–H groups in total. The first-order valence-electron chi connectivity index (χ1n) is 14.3. The molecule has 0 radical (unpaired) electrons. The minimum Gasteiger partial charge on any atom is -0.473 e. The second-order valence-electron chi connectivity index (χ2n) is 11.7. The Morgan fingerprint density at radius 2 is 1.65 bits per heavy atom. The maximum absolute atomic E-state index is 14.8. The van der Waals surface area contributed by atoms with Crippen molar-refractivity contribution in [1.29, 1.82) is 0 Å². The van der Waals surface area contributed by atoms with E-state index in [9.17, 15) is 29.4 Å². The molecule has 1 aliphatic carbocycles. The van der Waals surface area contributed by atoms with Crippen LogP contribution in [-0.2, 0) is 28.7 Å². The first-order valence-corrected chi connectivity index (χ1v) is 16.7. The molecule has 3 fully saturated rings. The van der Waals surface area contributed by atoms with E-state index in [1.54, 1.807) is 61.3 Å². The van der Waals surface area contributed by atoms with Crippen LogP contribution in [0.25, 0.3) is 0 Å². The highest BCUT2D eigenvalue weighted by atomic mass is 32.2. The van der Waals surface area contributed by atoms with Crippen molar-refractivity contribution in [1.82, 2.24) is 9.80 Å². The molecule has 0 aromatic heterocycles. The maximum atomic E-state index is 14.8. The predicted octanol–water partition coefficient (Wildman–Crippen LogP) is 2.69. The summed E-state index contributed by atoms with van der Waals surface area (Å²) < 4.78 is 11.5. The number of piperazine rings is 1. The van der Waals surface area contributed by atoms with Crippen molar-refractivity contribution in [3.63, 3.8) is 0 Å². The van der Waals surface area contributed by atoms with Crippen molar-refractivity contribution in [2.24, 2.45) is 11.8 Å². The van der Waals surface area contributed by atoms with Crippen molar-refractivity contribution < 1.29 is 38.9 Å². The Labute approximate surface area is 259 Å². The van der Waals surface area contributed by atoms with Gasteiger partial charge in [-0.25, -0.2) is 0 Å². The van der Waals surface area contributed by atoms with Crippen LogP contribution in [-0.4, -0.2) is 96.2 Å². The van der Waals surface area contributed by atoms with Crippen LogP contribution < -0.4 is 0 Å². The molecule has 232 valence electrons. The number of fused-ring (bicyclic) bond motifs is 6. The van der Waals surface area contributed by atoms with Gasteiger partial charge in [-0.2, -0.15) is 0 Å². The molecule has 2 amide bonds. The molecule has 0 saturated carbocycles. The number of rotatable bonds is 8. The van der Waals surface area contributed by atoms with Gasteiger partial charge in [-0.05, 0) is 56.1 Å². The average molecular weight is 631 g/mol. The van der Waals surface area contributed by atoms with Gasteiger partial charge in [0.1, 0.15) is 6.10 Å². The van der Waals surface area contributed by atoms with Gasteiger partial charge in [-0.3, -0.25) is 19.2 Å². The van der Waals surface area contributed by atoms with Gasteiger partial charge in [0.05, 0.1) is 42.7 Å². The van der Waals surface area contributed by atoms with E-state index in [1.807, 2.05) is 6.08 Å². The minimum absolute atomic E-state index is 0.143. The number of carbonyl (C=O) groups excluding carboxylic acids is 4. The van der Waals surface area contributed by atoms with Crippen LogP contribution in [0.5, 0.6) is 0 Å². The van der Waals surface area contributed by atoms with E-state index in [-0.39, 0.29) is 30.4 Å². The highest BCUT2D eigenvalue weighted by Gasteiger charge is 2.72. The van der Waals surface area contributed by atoms with Crippen LogP contribution in [0.2, 0.25) is 0 Å². The van der Waals surface area contributed by atoms with Crippen LogP contribution >= 0.6 is 23.5 Å². The third-order valence-electron chi connectivity index (χ3n) is 9.47. The van der Waals surface area contributed by atoms with E-state index in [2.05, 4.69) is 0 Å². The molecule has 3 saturated heterocycles. The zero-order valence-electron chi connectivity index (χ0n) is 25.1. The van der Waals surface area contributed by atoms with E-state index in [0.717, 1.165) is 5.57 Å². The number of amides is 2. The van der Waals surface area contributed by atoms with E-state index in [4.69, 9.17) is 9.47 Å². The van der Waals surface area contributed by atoms with Gasteiger partial charge >= 0.3 is 5.97 Å². The predicted molar refractivity (Wildman–Crippen MR) is 163 cm³/mol. The summed E-state index contributed by atoms with van der Waals surface area (Å²) >= 11 is 2.49. The summed E-state index contributed by atoms with van der Waals surface area (Å²) in [4.78, 5) is 55.9. The summed E-state index contributed by atoms with van der Waals surface area (Å²) in [6, 6.07) is -1.49. The second kappa shape index (κ2) is 11.6. The smallest absolute Gasteiger partial charge is 0.311 e. The zero-order chi connectivity index (χ0) is 31.4. The molecule has 0 spiro atoms. The lowest BCUT2D eigenvalue weighted by Crippen LogP contribution is -2.74. The number of aliphatic hydroxyl groups excluding tert-OH is 2. The fourth-order valence-electron chi connectivity index (χ4n) is 6.87. The lowest BCUT2D eigenvalue weighted by molar-refractivity contribution is -0.171. The Balaban J connectivity index is 1.49. The number of Topliss-reactive ketones (excluding diaryl/α,β-unsaturated/α-hetero) is 1. The number of ketones is 1. The molecule has 0 aromatic carbocycles. The van der Waals surface area contributed by atoms with Crippen LogP contribution in [0.1, 0.15) is 40.5 Å². The first-order chi connectivity index (χ1) is 20.4. The SMILES string of the molecule is C/C=C(\C)C(=O)C(C)C(O)C(C)C(=O)O[C@H]1C=COC=C2C[C@@]3(SC)C(=O)N4[C@H]5C(=CC=C[C@@H]5O)C[C@@]4(SC)C(=O)N3[C@@H]21. The first kappa shape index (κ1) is 31.6. The Kier molecular flexibility index (Phi) is 8.54. The van der Waals surface area contributed by atoms with Gasteiger partial charge in [0.25, 0.3) is 11.8 Å². The zero-order valence-corrected chi connectivity index (χ0v) is 26.7. The van der Waals surface area contributed by atoms with Crippen molar-refractivity contribution in [3.8, 4) is 0 Å². The summed E-state index contributed by atoms with van der Waals surface area (Å²) in [7, 11) is 0. The molecule has 43 heavy (non-hydrogen) atoms. The fourth-order valence-corrected chi connectivity index (χ4v) is 8.82. The molecule has 0 aromatic rings. The molecule has 5 rings (SSSR count). The molecule has 3 unspecified atom stereocenters. The van der Waals surface area contributed by atoms with E-state index in [1.165, 1.54) is 49.0 Å². The lowest BCUT2D eigenvalue weighted by atomic mass is 9.87. The average Bonchev–Trinajstić information content (AvgIpc) is 3.48.